The molecule has 0 fully saturated rings. The first-order valence-electron chi connectivity index (χ1n) is 5.12. The lowest BCUT2D eigenvalue weighted by atomic mass is 9.81. The lowest BCUT2D eigenvalue weighted by molar-refractivity contribution is 0.201. The van der Waals surface area contributed by atoms with Crippen LogP contribution in [0.5, 0.6) is 0 Å². The predicted octanol–water partition coefficient (Wildman–Crippen LogP) is 2.46. The molecular formula is C11H21N3. The maximum absolute atomic E-state index is 5.75. The normalized spacial score (nSPS) is 12.4. The molecule has 80 valence electrons. The van der Waals surface area contributed by atoms with E-state index in [9.17, 15) is 0 Å². The number of anilines is 1. The van der Waals surface area contributed by atoms with Crippen molar-refractivity contribution in [2.24, 2.45) is 11.3 Å². The number of hydrogen-bond donors (Lipinski definition) is 1. The molecule has 0 spiro atoms. The lowest BCUT2D eigenvalue weighted by Gasteiger charge is -2.28. The van der Waals surface area contributed by atoms with Crippen LogP contribution in [-0.2, 0) is 6.54 Å². The Morgan fingerprint density at radius 3 is 2.43 bits per heavy atom. The van der Waals surface area contributed by atoms with Gasteiger partial charge in [-0.3, -0.25) is 4.68 Å². The van der Waals surface area contributed by atoms with E-state index in [0.717, 1.165) is 17.9 Å². The van der Waals surface area contributed by atoms with E-state index >= 15 is 0 Å². The van der Waals surface area contributed by atoms with Crippen molar-refractivity contribution in [1.82, 2.24) is 9.78 Å². The summed E-state index contributed by atoms with van der Waals surface area (Å²) in [5.74, 6) is 0.633. The van der Waals surface area contributed by atoms with Gasteiger partial charge in [0.15, 0.2) is 0 Å². The van der Waals surface area contributed by atoms with Crippen molar-refractivity contribution in [3.8, 4) is 0 Å². The largest absolute Gasteiger partial charge is 0.396 e. The Labute approximate surface area is 86.3 Å². The number of aromatic nitrogens is 2. The fourth-order valence-electron chi connectivity index (χ4n) is 1.21. The number of nitrogen functional groups attached to an aromatic ring is 1. The lowest BCUT2D eigenvalue weighted by Crippen LogP contribution is -2.25. The molecule has 0 aromatic carbocycles. The highest BCUT2D eigenvalue weighted by molar-refractivity contribution is 5.39. The molecule has 1 aromatic rings. The van der Waals surface area contributed by atoms with E-state index in [2.05, 4.69) is 32.8 Å². The Morgan fingerprint density at radius 2 is 2.07 bits per heavy atom. The molecule has 2 N–H and O–H groups in total. The summed E-state index contributed by atoms with van der Waals surface area (Å²) in [5.41, 5.74) is 7.71. The highest BCUT2D eigenvalue weighted by Crippen LogP contribution is 2.28. The number of aryl methyl sites for hydroxylation is 1. The molecule has 0 amide bonds. The smallest absolute Gasteiger partial charge is 0.0822 e. The molecule has 3 nitrogen and oxygen atoms in total. The average molecular weight is 195 g/mol. The van der Waals surface area contributed by atoms with Crippen LogP contribution in [-0.4, -0.2) is 9.78 Å². The summed E-state index contributed by atoms with van der Waals surface area (Å²) < 4.78 is 1.95. The van der Waals surface area contributed by atoms with Gasteiger partial charge in [0.05, 0.1) is 11.4 Å². The molecule has 1 heterocycles. The molecule has 0 bridgehead atoms. The predicted molar refractivity (Wildman–Crippen MR) is 60.0 cm³/mol. The van der Waals surface area contributed by atoms with Crippen LogP contribution in [0.25, 0.3) is 0 Å². The second kappa shape index (κ2) is 3.64. The third-order valence-electron chi connectivity index (χ3n) is 3.12. The van der Waals surface area contributed by atoms with E-state index in [1.807, 2.05) is 17.8 Å². The van der Waals surface area contributed by atoms with Crippen LogP contribution in [0.15, 0.2) is 6.20 Å². The maximum Gasteiger partial charge on any atom is 0.0822 e. The molecule has 0 aliphatic rings. The Kier molecular flexibility index (Phi) is 2.88. The minimum atomic E-state index is 0.255. The van der Waals surface area contributed by atoms with Gasteiger partial charge >= 0.3 is 0 Å². The molecule has 0 unspecified atom stereocenters. The van der Waals surface area contributed by atoms with Crippen LogP contribution in [0.3, 0.4) is 0 Å². The van der Waals surface area contributed by atoms with Gasteiger partial charge in [0.2, 0.25) is 0 Å². The van der Waals surface area contributed by atoms with Crippen LogP contribution in [0.2, 0.25) is 0 Å². The van der Waals surface area contributed by atoms with Crippen LogP contribution in [0, 0.1) is 18.3 Å². The number of nitrogens with zero attached hydrogens (tertiary/aromatic N) is 2. The highest BCUT2D eigenvalue weighted by Gasteiger charge is 2.23. The summed E-state index contributed by atoms with van der Waals surface area (Å²) in [7, 11) is 0. The van der Waals surface area contributed by atoms with Crippen molar-refractivity contribution in [3.05, 3.63) is 11.9 Å². The number of nitrogens with two attached hydrogens (primary N) is 1. The van der Waals surface area contributed by atoms with Gasteiger partial charge in [-0.15, -0.1) is 0 Å². The number of hydrogen-bond acceptors (Lipinski definition) is 2. The summed E-state index contributed by atoms with van der Waals surface area (Å²) in [6.07, 6.45) is 1.92. The van der Waals surface area contributed by atoms with E-state index in [-0.39, 0.29) is 5.41 Å². The first-order chi connectivity index (χ1) is 6.33. The van der Waals surface area contributed by atoms with Crippen LogP contribution >= 0.6 is 0 Å². The monoisotopic (exact) mass is 195 g/mol. The van der Waals surface area contributed by atoms with Crippen molar-refractivity contribution < 1.29 is 0 Å². The Bertz CT molecular complexity index is 291. The summed E-state index contributed by atoms with van der Waals surface area (Å²) >= 11 is 0. The molecule has 0 aliphatic heterocycles. The van der Waals surface area contributed by atoms with Crippen LogP contribution in [0.4, 0.5) is 5.69 Å². The zero-order valence-electron chi connectivity index (χ0n) is 9.83. The second-order valence-electron chi connectivity index (χ2n) is 5.01. The fourth-order valence-corrected chi connectivity index (χ4v) is 1.21. The zero-order chi connectivity index (χ0) is 10.9. The standard InChI is InChI=1S/C11H21N3/c1-8(2)11(4,5)7-14-6-10(12)9(3)13-14/h6,8H,7,12H2,1-5H3. The summed E-state index contributed by atoms with van der Waals surface area (Å²) in [6.45, 7) is 11.8. The molecular weight excluding hydrogens is 174 g/mol. The molecule has 0 saturated heterocycles. The first kappa shape index (κ1) is 11.1. The zero-order valence-corrected chi connectivity index (χ0v) is 9.83. The van der Waals surface area contributed by atoms with Gasteiger partial charge in [0.1, 0.15) is 0 Å². The first-order valence-corrected chi connectivity index (χ1v) is 5.12. The van der Waals surface area contributed by atoms with Crippen molar-refractivity contribution in [1.29, 1.82) is 0 Å². The van der Waals surface area contributed by atoms with Crippen molar-refractivity contribution >= 4 is 5.69 Å². The molecule has 1 rings (SSSR count). The molecule has 0 aliphatic carbocycles. The van der Waals surface area contributed by atoms with Crippen LogP contribution in [0.1, 0.15) is 33.4 Å². The quantitative estimate of drug-likeness (QED) is 0.805. The topological polar surface area (TPSA) is 43.8 Å². The second-order valence-corrected chi connectivity index (χ2v) is 5.01. The average Bonchev–Trinajstić information content (AvgIpc) is 2.29. The van der Waals surface area contributed by atoms with Crippen molar-refractivity contribution in [2.45, 2.75) is 41.2 Å². The number of rotatable bonds is 3. The molecule has 14 heavy (non-hydrogen) atoms. The van der Waals surface area contributed by atoms with Crippen molar-refractivity contribution in [3.63, 3.8) is 0 Å². The summed E-state index contributed by atoms with van der Waals surface area (Å²) in [4.78, 5) is 0. The van der Waals surface area contributed by atoms with Gasteiger partial charge in [0.25, 0.3) is 0 Å². The van der Waals surface area contributed by atoms with E-state index in [0.29, 0.717) is 5.92 Å². The molecule has 0 radical (unpaired) electrons. The van der Waals surface area contributed by atoms with Gasteiger partial charge in [-0.1, -0.05) is 27.7 Å². The molecule has 0 saturated carbocycles. The van der Waals surface area contributed by atoms with E-state index in [1.165, 1.54) is 0 Å². The Balaban J connectivity index is 2.78. The Hall–Kier alpha value is -0.990. The SMILES string of the molecule is Cc1nn(CC(C)(C)C(C)C)cc1N. The Morgan fingerprint density at radius 1 is 1.50 bits per heavy atom. The fraction of sp³-hybridized carbons (Fsp3) is 0.727. The van der Waals surface area contributed by atoms with E-state index in [1.54, 1.807) is 0 Å². The van der Waals surface area contributed by atoms with E-state index < -0.39 is 0 Å². The third-order valence-corrected chi connectivity index (χ3v) is 3.12. The van der Waals surface area contributed by atoms with Gasteiger partial charge in [-0.05, 0) is 18.3 Å². The van der Waals surface area contributed by atoms with Crippen molar-refractivity contribution in [2.75, 3.05) is 5.73 Å². The third kappa shape index (κ3) is 2.28. The summed E-state index contributed by atoms with van der Waals surface area (Å²) in [6, 6.07) is 0. The van der Waals surface area contributed by atoms with Gasteiger partial charge in [-0.25, -0.2) is 0 Å². The molecule has 0 atom stereocenters. The maximum atomic E-state index is 5.75. The van der Waals surface area contributed by atoms with Gasteiger partial charge in [-0.2, -0.15) is 5.10 Å². The molecule has 1 aromatic heterocycles. The summed E-state index contributed by atoms with van der Waals surface area (Å²) in [5, 5.41) is 4.37. The van der Waals surface area contributed by atoms with Gasteiger partial charge < -0.3 is 5.73 Å². The minimum absolute atomic E-state index is 0.255. The van der Waals surface area contributed by atoms with Crippen LogP contribution < -0.4 is 5.73 Å². The molecule has 3 heteroatoms. The van der Waals surface area contributed by atoms with Gasteiger partial charge in [0, 0.05) is 12.7 Å². The van der Waals surface area contributed by atoms with E-state index in [4.69, 9.17) is 5.73 Å². The highest BCUT2D eigenvalue weighted by atomic mass is 15.3. The minimum Gasteiger partial charge on any atom is -0.396 e.